The Morgan fingerprint density at radius 2 is 2.17 bits per heavy atom. The first-order valence-corrected chi connectivity index (χ1v) is 6.36. The molecule has 0 aliphatic heterocycles. The second-order valence-corrected chi connectivity index (χ2v) is 4.87. The van der Waals surface area contributed by atoms with Gasteiger partial charge in [-0.2, -0.15) is 0 Å². The number of hydrogen-bond donors (Lipinski definition) is 1. The number of rotatable bonds is 5. The lowest BCUT2D eigenvalue weighted by Crippen LogP contribution is -2.36. The van der Waals surface area contributed by atoms with E-state index in [9.17, 15) is 4.79 Å². The van der Waals surface area contributed by atoms with Crippen molar-refractivity contribution >= 4 is 12.0 Å². The number of benzene rings is 1. The molecule has 1 aromatic carbocycles. The van der Waals surface area contributed by atoms with E-state index < -0.39 is 5.97 Å². The summed E-state index contributed by atoms with van der Waals surface area (Å²) in [4.78, 5) is 12.9. The highest BCUT2D eigenvalue weighted by Gasteiger charge is 2.22. The van der Waals surface area contributed by atoms with E-state index in [1.807, 2.05) is 18.2 Å². The summed E-state index contributed by atoms with van der Waals surface area (Å²) in [5.41, 5.74) is 2.18. The fourth-order valence-corrected chi connectivity index (χ4v) is 2.23. The van der Waals surface area contributed by atoms with E-state index in [0.29, 0.717) is 6.04 Å². The predicted molar refractivity (Wildman–Crippen MR) is 72.2 cm³/mol. The number of carbonyl (C=O) groups is 1. The van der Waals surface area contributed by atoms with Crippen LogP contribution in [0.1, 0.15) is 30.4 Å². The van der Waals surface area contributed by atoms with Crippen LogP contribution >= 0.6 is 0 Å². The van der Waals surface area contributed by atoms with Crippen molar-refractivity contribution < 1.29 is 9.90 Å². The minimum atomic E-state index is -0.905. The molecule has 0 heterocycles. The number of carboxylic acids is 1. The van der Waals surface area contributed by atoms with Crippen LogP contribution in [0.15, 0.2) is 30.3 Å². The standard InChI is InChI=1S/C15H19NO2/c1-16(14-7-4-8-14)11-13-6-3-2-5-12(13)9-10-15(17)18/h2-3,5-6,9-10,14H,4,7-8,11H2,1H3,(H,17,18)/b10-9+. The Kier molecular flexibility index (Phi) is 4.15. The van der Waals surface area contributed by atoms with Crippen LogP contribution < -0.4 is 0 Å². The predicted octanol–water partition coefficient (Wildman–Crippen LogP) is 2.77. The molecule has 0 bridgehead atoms. The van der Waals surface area contributed by atoms with E-state index >= 15 is 0 Å². The van der Waals surface area contributed by atoms with Crippen LogP contribution in [0.25, 0.3) is 6.08 Å². The Hall–Kier alpha value is -1.61. The highest BCUT2D eigenvalue weighted by Crippen LogP contribution is 2.25. The third-order valence-electron chi connectivity index (χ3n) is 3.58. The van der Waals surface area contributed by atoms with Crippen LogP contribution in [-0.4, -0.2) is 29.1 Å². The molecule has 0 radical (unpaired) electrons. The van der Waals surface area contributed by atoms with Gasteiger partial charge in [-0.15, -0.1) is 0 Å². The van der Waals surface area contributed by atoms with Gasteiger partial charge in [-0.05, 0) is 37.1 Å². The van der Waals surface area contributed by atoms with Crippen molar-refractivity contribution in [3.63, 3.8) is 0 Å². The molecule has 0 aromatic heterocycles. The molecule has 0 unspecified atom stereocenters. The van der Waals surface area contributed by atoms with Gasteiger partial charge in [0.2, 0.25) is 0 Å². The molecular weight excluding hydrogens is 226 g/mol. The Bertz CT molecular complexity index is 450. The molecule has 18 heavy (non-hydrogen) atoms. The molecule has 1 aromatic rings. The van der Waals surface area contributed by atoms with Crippen molar-refractivity contribution in [1.29, 1.82) is 0 Å². The minimum Gasteiger partial charge on any atom is -0.478 e. The van der Waals surface area contributed by atoms with Gasteiger partial charge < -0.3 is 5.11 Å². The van der Waals surface area contributed by atoms with Gasteiger partial charge in [0.15, 0.2) is 0 Å². The second-order valence-electron chi connectivity index (χ2n) is 4.87. The van der Waals surface area contributed by atoms with Gasteiger partial charge in [-0.1, -0.05) is 30.7 Å². The summed E-state index contributed by atoms with van der Waals surface area (Å²) in [5.74, 6) is -0.905. The number of carboxylic acid groups (broad SMARTS) is 1. The first-order chi connectivity index (χ1) is 8.66. The van der Waals surface area contributed by atoms with Gasteiger partial charge in [-0.25, -0.2) is 4.79 Å². The normalized spacial score (nSPS) is 16.1. The summed E-state index contributed by atoms with van der Waals surface area (Å²) in [6.45, 7) is 0.880. The lowest BCUT2D eigenvalue weighted by molar-refractivity contribution is -0.131. The average Bonchev–Trinajstić information content (AvgIpc) is 2.25. The molecule has 0 spiro atoms. The highest BCUT2D eigenvalue weighted by atomic mass is 16.4. The Morgan fingerprint density at radius 3 is 2.78 bits per heavy atom. The zero-order valence-corrected chi connectivity index (χ0v) is 10.7. The number of hydrogen-bond acceptors (Lipinski definition) is 2. The summed E-state index contributed by atoms with van der Waals surface area (Å²) in [6.07, 6.45) is 6.76. The maximum absolute atomic E-state index is 10.6. The highest BCUT2D eigenvalue weighted by molar-refractivity contribution is 5.85. The monoisotopic (exact) mass is 245 g/mol. The molecule has 0 saturated heterocycles. The molecule has 1 N–H and O–H groups in total. The summed E-state index contributed by atoms with van der Waals surface area (Å²) in [6, 6.07) is 8.66. The Labute approximate surface area is 108 Å². The molecule has 1 fully saturated rings. The third-order valence-corrected chi connectivity index (χ3v) is 3.58. The van der Waals surface area contributed by atoms with Crippen molar-refractivity contribution in [1.82, 2.24) is 4.90 Å². The van der Waals surface area contributed by atoms with Gasteiger partial charge >= 0.3 is 5.97 Å². The molecule has 3 nitrogen and oxygen atoms in total. The van der Waals surface area contributed by atoms with Crippen molar-refractivity contribution in [2.45, 2.75) is 31.8 Å². The van der Waals surface area contributed by atoms with E-state index in [1.54, 1.807) is 6.08 Å². The van der Waals surface area contributed by atoms with E-state index in [1.165, 1.54) is 30.9 Å². The SMILES string of the molecule is CN(Cc1ccccc1/C=C/C(=O)O)C1CCC1. The first-order valence-electron chi connectivity index (χ1n) is 6.36. The Morgan fingerprint density at radius 1 is 1.44 bits per heavy atom. The zero-order valence-electron chi connectivity index (χ0n) is 10.7. The minimum absolute atomic E-state index is 0.696. The molecule has 3 heteroatoms. The molecule has 1 saturated carbocycles. The van der Waals surface area contributed by atoms with E-state index in [2.05, 4.69) is 18.0 Å². The summed E-state index contributed by atoms with van der Waals surface area (Å²) in [7, 11) is 2.14. The maximum atomic E-state index is 10.6. The maximum Gasteiger partial charge on any atom is 0.328 e. The molecule has 96 valence electrons. The molecule has 2 rings (SSSR count). The third kappa shape index (κ3) is 3.20. The zero-order chi connectivity index (χ0) is 13.0. The molecular formula is C15H19NO2. The van der Waals surface area contributed by atoms with Gasteiger partial charge in [0, 0.05) is 18.7 Å². The largest absolute Gasteiger partial charge is 0.478 e. The second kappa shape index (κ2) is 5.83. The van der Waals surface area contributed by atoms with Crippen LogP contribution in [-0.2, 0) is 11.3 Å². The van der Waals surface area contributed by atoms with Gasteiger partial charge in [0.1, 0.15) is 0 Å². The van der Waals surface area contributed by atoms with Crippen LogP contribution in [0.2, 0.25) is 0 Å². The van der Waals surface area contributed by atoms with Crippen molar-refractivity contribution in [3.05, 3.63) is 41.5 Å². The molecule has 0 amide bonds. The van der Waals surface area contributed by atoms with Crippen molar-refractivity contribution in [3.8, 4) is 0 Å². The smallest absolute Gasteiger partial charge is 0.328 e. The Balaban J connectivity index is 2.08. The quantitative estimate of drug-likeness (QED) is 0.811. The summed E-state index contributed by atoms with van der Waals surface area (Å²) in [5, 5.41) is 8.69. The lowest BCUT2D eigenvalue weighted by atomic mass is 9.91. The summed E-state index contributed by atoms with van der Waals surface area (Å²) >= 11 is 0. The van der Waals surface area contributed by atoms with E-state index in [4.69, 9.17) is 5.11 Å². The molecule has 0 atom stereocenters. The van der Waals surface area contributed by atoms with Gasteiger partial charge in [0.05, 0.1) is 0 Å². The fraction of sp³-hybridized carbons (Fsp3) is 0.400. The topological polar surface area (TPSA) is 40.5 Å². The van der Waals surface area contributed by atoms with Gasteiger partial charge in [0.25, 0.3) is 0 Å². The first kappa shape index (κ1) is 12.8. The van der Waals surface area contributed by atoms with Crippen molar-refractivity contribution in [2.75, 3.05) is 7.05 Å². The molecule has 1 aliphatic rings. The van der Waals surface area contributed by atoms with Crippen LogP contribution in [0.5, 0.6) is 0 Å². The van der Waals surface area contributed by atoms with E-state index in [0.717, 1.165) is 12.1 Å². The average molecular weight is 245 g/mol. The van der Waals surface area contributed by atoms with E-state index in [-0.39, 0.29) is 0 Å². The van der Waals surface area contributed by atoms with Crippen LogP contribution in [0, 0.1) is 0 Å². The van der Waals surface area contributed by atoms with Crippen molar-refractivity contribution in [2.24, 2.45) is 0 Å². The lowest BCUT2D eigenvalue weighted by Gasteiger charge is -2.35. The van der Waals surface area contributed by atoms with Crippen LogP contribution in [0.3, 0.4) is 0 Å². The number of aliphatic carboxylic acids is 1. The summed E-state index contributed by atoms with van der Waals surface area (Å²) < 4.78 is 0. The van der Waals surface area contributed by atoms with Crippen LogP contribution in [0.4, 0.5) is 0 Å². The fourth-order valence-electron chi connectivity index (χ4n) is 2.23. The van der Waals surface area contributed by atoms with Gasteiger partial charge in [-0.3, -0.25) is 4.90 Å². The molecule has 1 aliphatic carbocycles. The number of nitrogens with zero attached hydrogens (tertiary/aromatic N) is 1.